The van der Waals surface area contributed by atoms with Gasteiger partial charge in [0.1, 0.15) is 5.75 Å². The average Bonchev–Trinajstić information content (AvgIpc) is 2.67. The number of ether oxygens (including phenoxy) is 1. The van der Waals surface area contributed by atoms with E-state index in [0.717, 1.165) is 29.3 Å². The van der Waals surface area contributed by atoms with Crippen LogP contribution in [-0.4, -0.2) is 48.3 Å². The molecule has 1 saturated heterocycles. The van der Waals surface area contributed by atoms with Gasteiger partial charge in [0, 0.05) is 42.5 Å². The van der Waals surface area contributed by atoms with Crippen LogP contribution in [0, 0.1) is 0 Å². The van der Waals surface area contributed by atoms with E-state index in [1.807, 2.05) is 41.3 Å². The van der Waals surface area contributed by atoms with E-state index in [-0.39, 0.29) is 11.9 Å². The Morgan fingerprint density at radius 3 is 2.92 bits per heavy atom. The molecule has 1 atom stereocenters. The molecule has 0 aliphatic carbocycles. The number of nitrogens with one attached hydrogen (secondary N) is 1. The van der Waals surface area contributed by atoms with Crippen LogP contribution >= 0.6 is 11.8 Å². The Balaban J connectivity index is 1.73. The Morgan fingerprint density at radius 2 is 2.12 bits per heavy atom. The molecule has 2 aromatic rings. The molecule has 1 aliphatic rings. The number of pyridine rings is 1. The zero-order valence-corrected chi connectivity index (χ0v) is 14.5. The van der Waals surface area contributed by atoms with Gasteiger partial charge in [-0.1, -0.05) is 18.2 Å². The van der Waals surface area contributed by atoms with Gasteiger partial charge in [-0.25, -0.2) is 0 Å². The third kappa shape index (κ3) is 3.88. The van der Waals surface area contributed by atoms with Crippen molar-refractivity contribution in [1.29, 1.82) is 0 Å². The van der Waals surface area contributed by atoms with Gasteiger partial charge < -0.3 is 15.0 Å². The van der Waals surface area contributed by atoms with Crippen LogP contribution in [0.5, 0.6) is 5.75 Å². The quantitative estimate of drug-likeness (QED) is 0.845. The summed E-state index contributed by atoms with van der Waals surface area (Å²) in [6.07, 6.45) is 3.49. The molecule has 0 radical (unpaired) electrons. The topological polar surface area (TPSA) is 54.5 Å². The minimum atomic E-state index is 0.000407. The molecule has 2 heterocycles. The number of para-hydroxylation sites is 1. The third-order valence-corrected chi connectivity index (χ3v) is 5.07. The molecule has 0 bridgehead atoms. The summed E-state index contributed by atoms with van der Waals surface area (Å²) in [6, 6.07) is 11.8. The van der Waals surface area contributed by atoms with Crippen molar-refractivity contribution in [2.75, 3.05) is 32.5 Å². The maximum Gasteiger partial charge on any atom is 0.233 e. The summed E-state index contributed by atoms with van der Waals surface area (Å²) in [6.45, 7) is 2.27. The number of benzene rings is 1. The van der Waals surface area contributed by atoms with Gasteiger partial charge >= 0.3 is 0 Å². The summed E-state index contributed by atoms with van der Waals surface area (Å²) in [5.74, 6) is 1.40. The van der Waals surface area contributed by atoms with E-state index in [1.54, 1.807) is 31.3 Å². The molecule has 1 N–H and O–H groups in total. The predicted octanol–water partition coefficient (Wildman–Crippen LogP) is 2.36. The van der Waals surface area contributed by atoms with Crippen LogP contribution in [0.2, 0.25) is 0 Å². The second-order valence-corrected chi connectivity index (χ2v) is 6.57. The largest absolute Gasteiger partial charge is 0.496 e. The fourth-order valence-corrected chi connectivity index (χ4v) is 3.65. The highest BCUT2D eigenvalue weighted by Gasteiger charge is 2.29. The summed E-state index contributed by atoms with van der Waals surface area (Å²) < 4.78 is 5.48. The van der Waals surface area contributed by atoms with Crippen molar-refractivity contribution in [2.24, 2.45) is 0 Å². The molecular weight excluding hydrogens is 322 g/mol. The first-order valence-corrected chi connectivity index (χ1v) is 8.94. The Hall–Kier alpha value is -2.05. The van der Waals surface area contributed by atoms with Gasteiger partial charge in [0.05, 0.1) is 18.9 Å². The van der Waals surface area contributed by atoms with Gasteiger partial charge in [-0.05, 0) is 18.2 Å². The fraction of sp³-hybridized carbons (Fsp3) is 0.333. The third-order valence-electron chi connectivity index (χ3n) is 4.07. The number of carbonyl (C=O) groups is 1. The van der Waals surface area contributed by atoms with Crippen LogP contribution in [0.15, 0.2) is 53.7 Å². The molecule has 1 amide bonds. The Labute approximate surface area is 146 Å². The molecule has 1 aromatic carbocycles. The summed E-state index contributed by atoms with van der Waals surface area (Å²) in [7, 11) is 1.67. The highest BCUT2D eigenvalue weighted by atomic mass is 32.2. The number of hydrogen-bond donors (Lipinski definition) is 1. The van der Waals surface area contributed by atoms with Gasteiger partial charge in [0.25, 0.3) is 0 Å². The first-order chi connectivity index (χ1) is 11.8. The normalized spacial score (nSPS) is 17.5. The SMILES string of the molecule is COc1ccccc1C1CNCCN1C(=O)CSc1ccncc1. The van der Waals surface area contributed by atoms with Crippen LogP contribution < -0.4 is 10.1 Å². The van der Waals surface area contributed by atoms with Crippen LogP contribution in [-0.2, 0) is 4.79 Å². The van der Waals surface area contributed by atoms with E-state index in [0.29, 0.717) is 12.3 Å². The van der Waals surface area contributed by atoms with Gasteiger partial charge in [-0.3, -0.25) is 9.78 Å². The van der Waals surface area contributed by atoms with Crippen LogP contribution in [0.25, 0.3) is 0 Å². The minimum absolute atomic E-state index is 0.000407. The first kappa shape index (κ1) is 16.8. The summed E-state index contributed by atoms with van der Waals surface area (Å²) in [5, 5.41) is 3.38. The van der Waals surface area contributed by atoms with Crippen molar-refractivity contribution >= 4 is 17.7 Å². The number of rotatable bonds is 5. The van der Waals surface area contributed by atoms with E-state index in [1.165, 1.54) is 0 Å². The molecule has 1 unspecified atom stereocenters. The van der Waals surface area contributed by atoms with Crippen molar-refractivity contribution < 1.29 is 9.53 Å². The van der Waals surface area contributed by atoms with E-state index in [4.69, 9.17) is 4.74 Å². The van der Waals surface area contributed by atoms with Gasteiger partial charge in [0.2, 0.25) is 5.91 Å². The molecule has 3 rings (SSSR count). The molecule has 24 heavy (non-hydrogen) atoms. The van der Waals surface area contributed by atoms with Gasteiger partial charge in [0.15, 0.2) is 0 Å². The molecule has 1 aliphatic heterocycles. The Bertz CT molecular complexity index is 681. The molecule has 126 valence electrons. The number of carbonyl (C=O) groups excluding carboxylic acids is 1. The van der Waals surface area contributed by atoms with Crippen molar-refractivity contribution in [3.63, 3.8) is 0 Å². The van der Waals surface area contributed by atoms with Crippen molar-refractivity contribution in [2.45, 2.75) is 10.9 Å². The van der Waals surface area contributed by atoms with E-state index >= 15 is 0 Å². The lowest BCUT2D eigenvalue weighted by Crippen LogP contribution is -2.49. The first-order valence-electron chi connectivity index (χ1n) is 7.95. The molecular formula is C18H21N3O2S. The van der Waals surface area contributed by atoms with E-state index in [9.17, 15) is 4.79 Å². The van der Waals surface area contributed by atoms with Crippen LogP contribution in [0.1, 0.15) is 11.6 Å². The lowest BCUT2D eigenvalue weighted by atomic mass is 10.0. The van der Waals surface area contributed by atoms with Crippen LogP contribution in [0.4, 0.5) is 0 Å². The second kappa shape index (κ2) is 8.17. The number of methoxy groups -OCH3 is 1. The highest BCUT2D eigenvalue weighted by molar-refractivity contribution is 8.00. The standard InChI is InChI=1S/C18H21N3O2S/c1-23-17-5-3-2-4-15(17)16-12-20-10-11-21(16)18(22)13-24-14-6-8-19-9-7-14/h2-9,16,20H,10-13H2,1H3. The number of nitrogens with zero attached hydrogens (tertiary/aromatic N) is 2. The molecule has 1 fully saturated rings. The zero-order valence-electron chi connectivity index (χ0n) is 13.6. The second-order valence-electron chi connectivity index (χ2n) is 5.52. The minimum Gasteiger partial charge on any atom is -0.496 e. The lowest BCUT2D eigenvalue weighted by molar-refractivity contribution is -0.131. The smallest absolute Gasteiger partial charge is 0.233 e. The maximum absolute atomic E-state index is 12.8. The Kier molecular flexibility index (Phi) is 5.72. The van der Waals surface area contributed by atoms with Crippen molar-refractivity contribution in [3.8, 4) is 5.75 Å². The van der Waals surface area contributed by atoms with Gasteiger partial charge in [-0.2, -0.15) is 0 Å². The highest BCUT2D eigenvalue weighted by Crippen LogP contribution is 2.31. The monoisotopic (exact) mass is 343 g/mol. The molecule has 0 spiro atoms. The summed E-state index contributed by atoms with van der Waals surface area (Å²) >= 11 is 1.55. The number of hydrogen-bond acceptors (Lipinski definition) is 5. The number of thioether (sulfide) groups is 1. The van der Waals surface area contributed by atoms with Crippen molar-refractivity contribution in [3.05, 3.63) is 54.4 Å². The lowest BCUT2D eigenvalue weighted by Gasteiger charge is -2.37. The number of amides is 1. The predicted molar refractivity (Wildman–Crippen MR) is 95.3 cm³/mol. The number of piperazine rings is 1. The zero-order chi connectivity index (χ0) is 16.8. The molecule has 1 aromatic heterocycles. The van der Waals surface area contributed by atoms with E-state index in [2.05, 4.69) is 10.3 Å². The van der Waals surface area contributed by atoms with E-state index < -0.39 is 0 Å². The number of aromatic nitrogens is 1. The van der Waals surface area contributed by atoms with Gasteiger partial charge in [-0.15, -0.1) is 11.8 Å². The maximum atomic E-state index is 12.8. The molecule has 5 nitrogen and oxygen atoms in total. The average molecular weight is 343 g/mol. The van der Waals surface area contributed by atoms with Crippen molar-refractivity contribution in [1.82, 2.24) is 15.2 Å². The summed E-state index contributed by atoms with van der Waals surface area (Å²) in [4.78, 5) is 19.8. The Morgan fingerprint density at radius 1 is 1.33 bits per heavy atom. The van der Waals surface area contributed by atoms with Crippen LogP contribution in [0.3, 0.4) is 0 Å². The molecule has 6 heteroatoms. The molecule has 0 saturated carbocycles. The summed E-state index contributed by atoms with van der Waals surface area (Å²) in [5.41, 5.74) is 1.05. The fourth-order valence-electron chi connectivity index (χ4n) is 2.88.